The Labute approximate surface area is 139 Å². The first-order valence-electron chi connectivity index (χ1n) is 7.61. The average Bonchev–Trinajstić information content (AvgIpc) is 3.10. The van der Waals surface area contributed by atoms with Crippen molar-refractivity contribution in [3.05, 3.63) is 35.5 Å². The van der Waals surface area contributed by atoms with Gasteiger partial charge in [-0.25, -0.2) is 0 Å². The van der Waals surface area contributed by atoms with Gasteiger partial charge in [0.15, 0.2) is 11.5 Å². The first-order valence-corrected chi connectivity index (χ1v) is 7.61. The number of benzene rings is 1. The van der Waals surface area contributed by atoms with Gasteiger partial charge >= 0.3 is 11.8 Å². The maximum absolute atomic E-state index is 12.3. The minimum Gasteiger partial charge on any atom is -0.493 e. The highest BCUT2D eigenvalue weighted by Gasteiger charge is 2.23. The summed E-state index contributed by atoms with van der Waals surface area (Å²) in [5.74, 6) is 1.39. The van der Waals surface area contributed by atoms with Gasteiger partial charge in [0.05, 0.1) is 33.9 Å². The molecule has 0 radical (unpaired) electrons. The van der Waals surface area contributed by atoms with Gasteiger partial charge in [-0.15, -0.1) is 10.2 Å². The Morgan fingerprint density at radius 2 is 1.92 bits per heavy atom. The smallest absolute Gasteiger partial charge is 0.311 e. The lowest BCUT2D eigenvalue weighted by atomic mass is 10.1. The van der Waals surface area contributed by atoms with Gasteiger partial charge in [-0.2, -0.15) is 0 Å². The van der Waals surface area contributed by atoms with Crippen molar-refractivity contribution in [1.29, 1.82) is 0 Å². The summed E-state index contributed by atoms with van der Waals surface area (Å²) < 4.78 is 21.2. The van der Waals surface area contributed by atoms with Gasteiger partial charge in [0.25, 0.3) is 0 Å². The second-order valence-corrected chi connectivity index (χ2v) is 5.27. The number of morpholine rings is 1. The Balaban J connectivity index is 1.70. The van der Waals surface area contributed by atoms with Gasteiger partial charge in [-0.3, -0.25) is 4.79 Å². The summed E-state index contributed by atoms with van der Waals surface area (Å²) >= 11 is 0. The molecule has 1 aliphatic heterocycles. The van der Waals surface area contributed by atoms with Gasteiger partial charge in [0, 0.05) is 13.1 Å². The minimum absolute atomic E-state index is 0.00683. The Hall–Kier alpha value is -2.61. The van der Waals surface area contributed by atoms with Gasteiger partial charge < -0.3 is 23.5 Å². The zero-order valence-electron chi connectivity index (χ0n) is 13.7. The molecule has 0 aliphatic carbocycles. The molecule has 3 rings (SSSR count). The Morgan fingerprint density at radius 3 is 2.62 bits per heavy atom. The molecule has 1 amide bonds. The van der Waals surface area contributed by atoms with Crippen LogP contribution in [0.4, 0.5) is 0 Å². The predicted molar refractivity (Wildman–Crippen MR) is 83.4 cm³/mol. The number of carbonyl (C=O) groups is 1. The van der Waals surface area contributed by atoms with Gasteiger partial charge in [-0.05, 0) is 17.7 Å². The van der Waals surface area contributed by atoms with Crippen molar-refractivity contribution >= 4 is 5.91 Å². The second-order valence-electron chi connectivity index (χ2n) is 5.27. The van der Waals surface area contributed by atoms with Crippen molar-refractivity contribution in [2.45, 2.75) is 6.42 Å². The standard InChI is InChI=1S/C16H19N3O5/c1-21-12-4-3-11(9-13(12)22-2)10-14-17-18-15(24-14)16(20)19-5-7-23-8-6-19/h3-4,9H,5-8,10H2,1-2H3. The number of ether oxygens (including phenoxy) is 3. The predicted octanol–water partition coefficient (Wildman–Crippen LogP) is 1.15. The lowest BCUT2D eigenvalue weighted by Gasteiger charge is -2.25. The van der Waals surface area contributed by atoms with E-state index in [9.17, 15) is 4.79 Å². The van der Waals surface area contributed by atoms with Crippen molar-refractivity contribution in [2.24, 2.45) is 0 Å². The molecule has 24 heavy (non-hydrogen) atoms. The molecule has 1 saturated heterocycles. The van der Waals surface area contributed by atoms with Crippen LogP contribution in [0, 0.1) is 0 Å². The number of carbonyl (C=O) groups excluding carboxylic acids is 1. The topological polar surface area (TPSA) is 86.9 Å². The first kappa shape index (κ1) is 16.3. The molecular weight excluding hydrogens is 314 g/mol. The fourth-order valence-corrected chi connectivity index (χ4v) is 2.48. The zero-order valence-corrected chi connectivity index (χ0v) is 13.7. The van der Waals surface area contributed by atoms with Crippen LogP contribution >= 0.6 is 0 Å². The van der Waals surface area contributed by atoms with Crippen molar-refractivity contribution < 1.29 is 23.4 Å². The minimum atomic E-state index is -0.260. The number of hydrogen-bond donors (Lipinski definition) is 0. The van der Waals surface area contributed by atoms with E-state index in [1.165, 1.54) is 0 Å². The quantitative estimate of drug-likeness (QED) is 0.811. The number of rotatable bonds is 5. The first-order chi connectivity index (χ1) is 11.7. The maximum atomic E-state index is 12.3. The summed E-state index contributed by atoms with van der Waals surface area (Å²) in [4.78, 5) is 13.9. The molecule has 1 aromatic carbocycles. The average molecular weight is 333 g/mol. The van der Waals surface area contributed by atoms with Crippen LogP contribution in [0.3, 0.4) is 0 Å². The summed E-state index contributed by atoms with van der Waals surface area (Å²) in [6.07, 6.45) is 0.406. The van der Waals surface area contributed by atoms with Crippen molar-refractivity contribution in [3.63, 3.8) is 0 Å². The Kier molecular flexibility index (Phi) is 4.95. The molecular formula is C16H19N3O5. The molecule has 1 aromatic heterocycles. The van der Waals surface area contributed by atoms with Gasteiger partial charge in [0.1, 0.15) is 0 Å². The summed E-state index contributed by atoms with van der Waals surface area (Å²) in [6.45, 7) is 2.12. The van der Waals surface area contributed by atoms with Crippen LogP contribution in [0.2, 0.25) is 0 Å². The zero-order chi connectivity index (χ0) is 16.9. The Morgan fingerprint density at radius 1 is 1.17 bits per heavy atom. The number of aromatic nitrogens is 2. The summed E-state index contributed by atoms with van der Waals surface area (Å²) in [5, 5.41) is 7.82. The summed E-state index contributed by atoms with van der Waals surface area (Å²) in [6, 6.07) is 5.53. The number of amides is 1. The van der Waals surface area contributed by atoms with E-state index in [-0.39, 0.29) is 11.8 Å². The second kappa shape index (κ2) is 7.31. The molecule has 8 nitrogen and oxygen atoms in total. The van der Waals surface area contributed by atoms with Crippen molar-refractivity contribution in [2.75, 3.05) is 40.5 Å². The van der Waals surface area contributed by atoms with E-state index in [0.29, 0.717) is 50.1 Å². The summed E-state index contributed by atoms with van der Waals surface area (Å²) in [5.41, 5.74) is 0.918. The van der Waals surface area contributed by atoms with Gasteiger partial charge in [0.2, 0.25) is 5.89 Å². The molecule has 2 heterocycles. The highest BCUT2D eigenvalue weighted by Crippen LogP contribution is 2.28. The Bertz CT molecular complexity index is 709. The molecule has 8 heteroatoms. The lowest BCUT2D eigenvalue weighted by molar-refractivity contribution is 0.0276. The largest absolute Gasteiger partial charge is 0.493 e. The van der Waals surface area contributed by atoms with Crippen LogP contribution in [0.5, 0.6) is 11.5 Å². The van der Waals surface area contributed by atoms with Crippen LogP contribution in [-0.4, -0.2) is 61.5 Å². The monoisotopic (exact) mass is 333 g/mol. The summed E-state index contributed by atoms with van der Waals surface area (Å²) in [7, 11) is 3.16. The highest BCUT2D eigenvalue weighted by molar-refractivity contribution is 5.89. The van der Waals surface area contributed by atoms with Crippen LogP contribution in [0.15, 0.2) is 22.6 Å². The van der Waals surface area contributed by atoms with E-state index in [1.807, 2.05) is 18.2 Å². The molecule has 1 aliphatic rings. The molecule has 0 unspecified atom stereocenters. The SMILES string of the molecule is COc1ccc(Cc2nnc(C(=O)N3CCOCC3)o2)cc1OC. The molecule has 0 N–H and O–H groups in total. The molecule has 0 bridgehead atoms. The maximum Gasteiger partial charge on any atom is 0.311 e. The third-order valence-electron chi connectivity index (χ3n) is 3.75. The van der Waals surface area contributed by atoms with Crippen molar-refractivity contribution in [3.8, 4) is 11.5 Å². The third-order valence-corrected chi connectivity index (χ3v) is 3.75. The lowest BCUT2D eigenvalue weighted by Crippen LogP contribution is -2.40. The molecule has 0 spiro atoms. The molecule has 0 saturated carbocycles. The van der Waals surface area contributed by atoms with E-state index in [0.717, 1.165) is 5.56 Å². The van der Waals surface area contributed by atoms with Crippen LogP contribution < -0.4 is 9.47 Å². The number of nitrogens with zero attached hydrogens (tertiary/aromatic N) is 3. The molecule has 128 valence electrons. The van der Waals surface area contributed by atoms with E-state index < -0.39 is 0 Å². The van der Waals surface area contributed by atoms with Crippen LogP contribution in [-0.2, 0) is 11.2 Å². The third kappa shape index (κ3) is 3.48. The normalized spacial score (nSPS) is 14.5. The van der Waals surface area contributed by atoms with Gasteiger partial charge in [-0.1, -0.05) is 6.07 Å². The number of hydrogen-bond acceptors (Lipinski definition) is 7. The highest BCUT2D eigenvalue weighted by atomic mass is 16.5. The fraction of sp³-hybridized carbons (Fsp3) is 0.438. The van der Waals surface area contributed by atoms with Crippen LogP contribution in [0.25, 0.3) is 0 Å². The van der Waals surface area contributed by atoms with E-state index in [1.54, 1.807) is 19.1 Å². The molecule has 1 fully saturated rings. The molecule has 2 aromatic rings. The van der Waals surface area contributed by atoms with Crippen molar-refractivity contribution in [1.82, 2.24) is 15.1 Å². The molecule has 0 atom stereocenters. The van der Waals surface area contributed by atoms with E-state index in [4.69, 9.17) is 18.6 Å². The van der Waals surface area contributed by atoms with Crippen LogP contribution in [0.1, 0.15) is 22.1 Å². The fourth-order valence-electron chi connectivity index (χ4n) is 2.48. The number of methoxy groups -OCH3 is 2. The van der Waals surface area contributed by atoms with E-state index in [2.05, 4.69) is 10.2 Å². The van der Waals surface area contributed by atoms with E-state index >= 15 is 0 Å².